The van der Waals surface area contributed by atoms with E-state index in [9.17, 15) is 4.79 Å². The molecule has 0 saturated carbocycles. The SMILES string of the molecule is CC.CNc1cccc(-n2c(=O)n(-c3ccc(Oc4ccccc4)cc3C)c3c(N)ncnc32)c1. The summed E-state index contributed by atoms with van der Waals surface area (Å²) in [5.41, 5.74) is 9.91. The van der Waals surface area contributed by atoms with Crippen LogP contribution >= 0.6 is 0 Å². The molecule has 0 aliphatic rings. The number of imidazole rings is 1. The normalized spacial score (nSPS) is 10.5. The average molecular weight is 469 g/mol. The smallest absolute Gasteiger partial charge is 0.339 e. The van der Waals surface area contributed by atoms with E-state index in [-0.39, 0.29) is 11.5 Å². The number of aromatic nitrogens is 4. The zero-order valence-corrected chi connectivity index (χ0v) is 20.2. The predicted molar refractivity (Wildman–Crippen MR) is 141 cm³/mol. The maximum Gasteiger partial charge on any atom is 0.339 e. The molecular weight excluding hydrogens is 440 g/mol. The van der Waals surface area contributed by atoms with Crippen LogP contribution in [0.5, 0.6) is 11.5 Å². The summed E-state index contributed by atoms with van der Waals surface area (Å²) >= 11 is 0. The van der Waals surface area contributed by atoms with Crippen LogP contribution in [0.25, 0.3) is 22.5 Å². The van der Waals surface area contributed by atoms with E-state index in [0.29, 0.717) is 28.3 Å². The van der Waals surface area contributed by atoms with Crippen LogP contribution in [0.15, 0.2) is 83.9 Å². The first-order chi connectivity index (χ1) is 17.1. The van der Waals surface area contributed by atoms with Gasteiger partial charge in [0, 0.05) is 12.7 Å². The lowest BCUT2D eigenvalue weighted by Gasteiger charge is -2.11. The Morgan fingerprint density at radius 1 is 0.886 bits per heavy atom. The molecule has 0 saturated heterocycles. The van der Waals surface area contributed by atoms with Crippen LogP contribution < -0.4 is 21.5 Å². The number of para-hydroxylation sites is 1. The monoisotopic (exact) mass is 468 g/mol. The molecule has 0 fully saturated rings. The van der Waals surface area contributed by atoms with Gasteiger partial charge >= 0.3 is 5.69 Å². The van der Waals surface area contributed by atoms with Crippen LogP contribution in [0.4, 0.5) is 11.5 Å². The number of fused-ring (bicyclic) bond motifs is 1. The number of anilines is 2. The van der Waals surface area contributed by atoms with Gasteiger partial charge in [0.1, 0.15) is 23.3 Å². The molecule has 0 aliphatic heterocycles. The molecule has 0 atom stereocenters. The fourth-order valence-electron chi connectivity index (χ4n) is 3.87. The topological polar surface area (TPSA) is 100.0 Å². The lowest BCUT2D eigenvalue weighted by Crippen LogP contribution is -2.23. The quantitative estimate of drug-likeness (QED) is 0.362. The summed E-state index contributed by atoms with van der Waals surface area (Å²) in [6.07, 6.45) is 1.36. The van der Waals surface area contributed by atoms with Gasteiger partial charge in [-0.05, 0) is 61.0 Å². The number of nitrogens with one attached hydrogen (secondary N) is 1. The molecular formula is C27H28N6O2. The third-order valence-electron chi connectivity index (χ3n) is 5.43. The molecule has 5 rings (SSSR count). The van der Waals surface area contributed by atoms with Gasteiger partial charge in [0.15, 0.2) is 11.5 Å². The molecule has 0 aliphatic carbocycles. The second kappa shape index (κ2) is 10.1. The third kappa shape index (κ3) is 4.46. The number of rotatable bonds is 5. The summed E-state index contributed by atoms with van der Waals surface area (Å²) in [7, 11) is 1.83. The highest BCUT2D eigenvalue weighted by atomic mass is 16.5. The lowest BCUT2D eigenvalue weighted by atomic mass is 10.2. The molecule has 178 valence electrons. The summed E-state index contributed by atoms with van der Waals surface area (Å²) in [5.74, 6) is 1.63. The second-order valence-corrected chi connectivity index (χ2v) is 7.55. The number of aryl methyl sites for hydroxylation is 1. The van der Waals surface area contributed by atoms with E-state index in [4.69, 9.17) is 10.5 Å². The Morgan fingerprint density at radius 2 is 1.66 bits per heavy atom. The highest BCUT2D eigenvalue weighted by molar-refractivity contribution is 5.85. The van der Waals surface area contributed by atoms with Crippen LogP contribution in [0, 0.1) is 6.92 Å². The number of hydrogen-bond donors (Lipinski definition) is 2. The first-order valence-electron chi connectivity index (χ1n) is 11.4. The van der Waals surface area contributed by atoms with Gasteiger partial charge in [-0.2, -0.15) is 0 Å². The van der Waals surface area contributed by atoms with E-state index < -0.39 is 0 Å². The Balaban J connectivity index is 0.00000141. The summed E-state index contributed by atoms with van der Waals surface area (Å²) in [5, 5.41) is 3.10. The number of benzene rings is 3. The first-order valence-corrected chi connectivity index (χ1v) is 11.4. The zero-order chi connectivity index (χ0) is 24.9. The Labute approximate surface area is 203 Å². The fourth-order valence-corrected chi connectivity index (χ4v) is 3.87. The molecule has 8 nitrogen and oxygen atoms in total. The van der Waals surface area contributed by atoms with Crippen molar-refractivity contribution in [3.63, 3.8) is 0 Å². The van der Waals surface area contributed by atoms with E-state index in [1.165, 1.54) is 6.33 Å². The maximum atomic E-state index is 13.7. The van der Waals surface area contributed by atoms with Gasteiger partial charge in [-0.3, -0.25) is 4.57 Å². The summed E-state index contributed by atoms with van der Waals surface area (Å²) in [6.45, 7) is 5.92. The molecule has 35 heavy (non-hydrogen) atoms. The molecule has 0 spiro atoms. The molecule has 0 radical (unpaired) electrons. The number of ether oxygens (including phenoxy) is 1. The molecule has 3 aromatic carbocycles. The van der Waals surface area contributed by atoms with Crippen molar-refractivity contribution in [3.8, 4) is 22.9 Å². The fraction of sp³-hybridized carbons (Fsp3) is 0.148. The summed E-state index contributed by atoms with van der Waals surface area (Å²) < 4.78 is 9.04. The minimum atomic E-state index is -0.287. The van der Waals surface area contributed by atoms with Crippen molar-refractivity contribution in [1.29, 1.82) is 0 Å². The lowest BCUT2D eigenvalue weighted by molar-refractivity contribution is 0.482. The Kier molecular flexibility index (Phi) is 6.82. The molecule has 2 aromatic heterocycles. The van der Waals surface area contributed by atoms with Gasteiger partial charge < -0.3 is 15.8 Å². The average Bonchev–Trinajstić information content (AvgIpc) is 3.19. The summed E-state index contributed by atoms with van der Waals surface area (Å²) in [6, 6.07) is 22.6. The Morgan fingerprint density at radius 3 is 2.37 bits per heavy atom. The van der Waals surface area contributed by atoms with Crippen molar-refractivity contribution in [3.05, 3.63) is 95.2 Å². The zero-order valence-electron chi connectivity index (χ0n) is 20.2. The highest BCUT2D eigenvalue weighted by Crippen LogP contribution is 2.28. The molecule has 0 bridgehead atoms. The van der Waals surface area contributed by atoms with Gasteiger partial charge in [-0.25, -0.2) is 19.3 Å². The number of nitrogen functional groups attached to an aromatic ring is 1. The van der Waals surface area contributed by atoms with Crippen molar-refractivity contribution >= 4 is 22.7 Å². The van der Waals surface area contributed by atoms with E-state index in [1.807, 2.05) is 101 Å². The van der Waals surface area contributed by atoms with Crippen molar-refractivity contribution in [2.75, 3.05) is 18.1 Å². The number of nitrogens with two attached hydrogens (primary N) is 1. The maximum absolute atomic E-state index is 13.7. The minimum absolute atomic E-state index is 0.227. The van der Waals surface area contributed by atoms with Crippen LogP contribution in [0.2, 0.25) is 0 Å². The highest BCUT2D eigenvalue weighted by Gasteiger charge is 2.21. The van der Waals surface area contributed by atoms with Gasteiger partial charge in [0.2, 0.25) is 0 Å². The number of hydrogen-bond acceptors (Lipinski definition) is 6. The van der Waals surface area contributed by atoms with Gasteiger partial charge in [-0.1, -0.05) is 38.1 Å². The van der Waals surface area contributed by atoms with Crippen LogP contribution in [0.1, 0.15) is 19.4 Å². The molecule has 5 aromatic rings. The molecule has 3 N–H and O–H groups in total. The van der Waals surface area contributed by atoms with Crippen LogP contribution in [-0.4, -0.2) is 26.1 Å². The van der Waals surface area contributed by atoms with E-state index in [2.05, 4.69) is 15.3 Å². The second-order valence-electron chi connectivity index (χ2n) is 7.55. The van der Waals surface area contributed by atoms with E-state index in [0.717, 1.165) is 17.0 Å². The minimum Gasteiger partial charge on any atom is -0.457 e. The van der Waals surface area contributed by atoms with Crippen molar-refractivity contribution in [1.82, 2.24) is 19.1 Å². The Bertz CT molecular complexity index is 1520. The molecule has 8 heteroatoms. The van der Waals surface area contributed by atoms with E-state index in [1.54, 1.807) is 9.13 Å². The van der Waals surface area contributed by atoms with Gasteiger partial charge in [-0.15, -0.1) is 0 Å². The number of nitrogens with zero attached hydrogens (tertiary/aromatic N) is 4. The first kappa shape index (κ1) is 23.6. The molecule has 0 unspecified atom stereocenters. The third-order valence-corrected chi connectivity index (χ3v) is 5.43. The van der Waals surface area contributed by atoms with Crippen molar-refractivity contribution in [2.24, 2.45) is 0 Å². The van der Waals surface area contributed by atoms with Crippen molar-refractivity contribution in [2.45, 2.75) is 20.8 Å². The van der Waals surface area contributed by atoms with Crippen molar-refractivity contribution < 1.29 is 4.74 Å². The van der Waals surface area contributed by atoms with Gasteiger partial charge in [0.05, 0.1) is 11.4 Å². The standard InChI is InChI=1S/C25H22N6O2.C2H6/c1-16-13-20(33-19-9-4-3-5-10-19)11-12-21(16)31-22-23(26)28-15-29-24(22)30(25(31)32)18-8-6-7-17(14-18)27-2;1-2/h3-15,27H,1-2H3,(H2,26,28,29);1-2H3. The Hall–Kier alpha value is -4.59. The van der Waals surface area contributed by atoms with Crippen LogP contribution in [0.3, 0.4) is 0 Å². The van der Waals surface area contributed by atoms with Gasteiger partial charge in [0.25, 0.3) is 0 Å². The summed E-state index contributed by atoms with van der Waals surface area (Å²) in [4.78, 5) is 22.2. The predicted octanol–water partition coefficient (Wildman–Crippen LogP) is 5.32. The largest absolute Gasteiger partial charge is 0.457 e. The van der Waals surface area contributed by atoms with Crippen LogP contribution in [-0.2, 0) is 0 Å². The molecule has 0 amide bonds. The van der Waals surface area contributed by atoms with E-state index >= 15 is 0 Å². The molecule has 2 heterocycles.